The van der Waals surface area contributed by atoms with Crippen LogP contribution in [0.15, 0.2) is 0 Å². The summed E-state index contributed by atoms with van der Waals surface area (Å²) in [7, 11) is 0. The van der Waals surface area contributed by atoms with Crippen LogP contribution in [0.5, 0.6) is 0 Å². The molecule has 1 unspecified atom stereocenters. The van der Waals surface area contributed by atoms with Crippen LogP contribution < -0.4 is 0 Å². The molecule has 4 fully saturated rings. The predicted octanol–water partition coefficient (Wildman–Crippen LogP) is 5.29. The highest BCUT2D eigenvalue weighted by Gasteiger charge is 2.54. The Bertz CT molecular complexity index is 303. The van der Waals surface area contributed by atoms with Gasteiger partial charge in [-0.1, -0.05) is 45.4 Å². The number of aliphatic hydroxyl groups excluding tert-OH is 1. The summed E-state index contributed by atoms with van der Waals surface area (Å²) >= 11 is 0. The van der Waals surface area contributed by atoms with E-state index in [1.54, 1.807) is 0 Å². The van der Waals surface area contributed by atoms with Crippen LogP contribution in [0, 0.1) is 23.2 Å². The molecule has 4 aliphatic carbocycles. The summed E-state index contributed by atoms with van der Waals surface area (Å²) in [5.74, 6) is 2.68. The molecule has 4 bridgehead atoms. The van der Waals surface area contributed by atoms with E-state index in [1.165, 1.54) is 77.0 Å². The molecule has 0 aromatic rings. The van der Waals surface area contributed by atoms with Crippen LogP contribution in [0.3, 0.4) is 0 Å². The van der Waals surface area contributed by atoms with Crippen LogP contribution in [0.1, 0.15) is 90.4 Å². The van der Waals surface area contributed by atoms with Gasteiger partial charge in [-0.15, -0.1) is 0 Å². The molecule has 0 spiro atoms. The maximum Gasteiger partial charge on any atom is 0.160 e. The number of hydrogen-bond donors (Lipinski definition) is 1. The van der Waals surface area contributed by atoms with Crippen LogP contribution in [-0.2, 0) is 4.74 Å². The van der Waals surface area contributed by atoms with E-state index < -0.39 is 6.29 Å². The van der Waals surface area contributed by atoms with Crippen molar-refractivity contribution in [1.82, 2.24) is 0 Å². The molecule has 0 amide bonds. The van der Waals surface area contributed by atoms with E-state index in [2.05, 4.69) is 6.92 Å². The molecule has 0 saturated heterocycles. The minimum atomic E-state index is -0.485. The van der Waals surface area contributed by atoms with Gasteiger partial charge in [0, 0.05) is 12.0 Å². The molecule has 0 aliphatic heterocycles. The Hall–Kier alpha value is -0.0800. The van der Waals surface area contributed by atoms with Crippen molar-refractivity contribution in [1.29, 1.82) is 0 Å². The largest absolute Gasteiger partial charge is 0.367 e. The molecule has 22 heavy (non-hydrogen) atoms. The number of hydrogen-bond acceptors (Lipinski definition) is 2. The zero-order valence-corrected chi connectivity index (χ0v) is 14.6. The first-order valence-electron chi connectivity index (χ1n) is 10.0. The van der Waals surface area contributed by atoms with Crippen molar-refractivity contribution in [3.05, 3.63) is 0 Å². The zero-order chi connectivity index (χ0) is 15.4. The van der Waals surface area contributed by atoms with Gasteiger partial charge in [0.15, 0.2) is 6.29 Å². The normalized spacial score (nSPS) is 37.6. The smallest absolute Gasteiger partial charge is 0.160 e. The fraction of sp³-hybridized carbons (Fsp3) is 1.00. The van der Waals surface area contributed by atoms with Gasteiger partial charge in [-0.2, -0.15) is 0 Å². The van der Waals surface area contributed by atoms with Gasteiger partial charge in [0.25, 0.3) is 0 Å². The third kappa shape index (κ3) is 3.87. The van der Waals surface area contributed by atoms with Crippen molar-refractivity contribution in [2.75, 3.05) is 6.61 Å². The Morgan fingerprint density at radius 1 is 0.864 bits per heavy atom. The standard InChI is InChI=1S/C20H36O2/c1-2-3-4-5-6-7-8-9-22-19(21)20-13-16-10-17(14-20)12-18(11-16)15-20/h16-19,21H,2-15H2,1H3. The lowest BCUT2D eigenvalue weighted by Gasteiger charge is -2.57. The Kier molecular flexibility index (Phi) is 5.84. The first-order valence-corrected chi connectivity index (χ1v) is 10.0. The molecule has 2 nitrogen and oxygen atoms in total. The zero-order valence-electron chi connectivity index (χ0n) is 14.6. The summed E-state index contributed by atoms with van der Waals surface area (Å²) in [4.78, 5) is 0. The van der Waals surface area contributed by atoms with Crippen molar-refractivity contribution >= 4 is 0 Å². The maximum atomic E-state index is 10.7. The summed E-state index contributed by atoms with van der Waals surface area (Å²) in [5, 5.41) is 10.7. The fourth-order valence-electron chi connectivity index (χ4n) is 5.91. The molecule has 1 atom stereocenters. The van der Waals surface area contributed by atoms with Crippen molar-refractivity contribution in [3.8, 4) is 0 Å². The van der Waals surface area contributed by atoms with Crippen molar-refractivity contribution in [3.63, 3.8) is 0 Å². The molecule has 4 saturated carbocycles. The Morgan fingerprint density at radius 2 is 1.36 bits per heavy atom. The van der Waals surface area contributed by atoms with Gasteiger partial charge in [0.1, 0.15) is 0 Å². The summed E-state index contributed by atoms with van der Waals surface area (Å²) in [6.07, 6.45) is 16.7. The molecule has 4 rings (SSSR count). The minimum Gasteiger partial charge on any atom is -0.367 e. The van der Waals surface area contributed by atoms with E-state index in [0.29, 0.717) is 0 Å². The molecule has 1 N–H and O–H groups in total. The number of aliphatic hydroxyl groups is 1. The highest BCUT2D eigenvalue weighted by atomic mass is 16.6. The van der Waals surface area contributed by atoms with Crippen LogP contribution in [0.4, 0.5) is 0 Å². The second-order valence-corrected chi connectivity index (χ2v) is 8.62. The molecule has 128 valence electrons. The summed E-state index contributed by atoms with van der Waals surface area (Å²) in [5.41, 5.74) is 0.135. The van der Waals surface area contributed by atoms with Gasteiger partial charge in [0.2, 0.25) is 0 Å². The lowest BCUT2D eigenvalue weighted by molar-refractivity contribution is -0.228. The van der Waals surface area contributed by atoms with Crippen LogP contribution in [-0.4, -0.2) is 18.0 Å². The first-order chi connectivity index (χ1) is 10.7. The highest BCUT2D eigenvalue weighted by Crippen LogP contribution is 2.61. The van der Waals surface area contributed by atoms with Gasteiger partial charge in [-0.25, -0.2) is 0 Å². The van der Waals surface area contributed by atoms with Gasteiger partial charge in [0.05, 0.1) is 0 Å². The van der Waals surface area contributed by atoms with E-state index in [9.17, 15) is 5.11 Å². The maximum absolute atomic E-state index is 10.7. The molecular weight excluding hydrogens is 272 g/mol. The van der Waals surface area contributed by atoms with Crippen LogP contribution >= 0.6 is 0 Å². The Morgan fingerprint density at radius 3 is 1.91 bits per heavy atom. The van der Waals surface area contributed by atoms with Crippen molar-refractivity contribution in [2.24, 2.45) is 23.2 Å². The molecule has 0 heterocycles. The van der Waals surface area contributed by atoms with Gasteiger partial charge in [-0.3, -0.25) is 0 Å². The molecule has 0 aromatic heterocycles. The average Bonchev–Trinajstić information content (AvgIpc) is 2.48. The monoisotopic (exact) mass is 308 g/mol. The molecule has 0 radical (unpaired) electrons. The van der Waals surface area contributed by atoms with E-state index in [0.717, 1.165) is 30.8 Å². The van der Waals surface area contributed by atoms with Crippen LogP contribution in [0.25, 0.3) is 0 Å². The van der Waals surface area contributed by atoms with E-state index in [-0.39, 0.29) is 5.41 Å². The van der Waals surface area contributed by atoms with Gasteiger partial charge >= 0.3 is 0 Å². The Balaban J connectivity index is 1.33. The summed E-state index contributed by atoms with van der Waals surface area (Å²) < 4.78 is 5.91. The molecular formula is C20H36O2. The molecule has 0 aromatic carbocycles. The first kappa shape index (κ1) is 16.8. The van der Waals surface area contributed by atoms with E-state index in [1.807, 2.05) is 0 Å². The lowest BCUT2D eigenvalue weighted by atomic mass is 9.49. The third-order valence-corrected chi connectivity index (χ3v) is 6.63. The third-order valence-electron chi connectivity index (χ3n) is 6.63. The van der Waals surface area contributed by atoms with E-state index >= 15 is 0 Å². The Labute approximate surface area is 137 Å². The predicted molar refractivity (Wildman–Crippen MR) is 90.6 cm³/mol. The number of ether oxygens (including phenoxy) is 1. The number of rotatable bonds is 10. The second kappa shape index (κ2) is 7.66. The second-order valence-electron chi connectivity index (χ2n) is 8.62. The average molecular weight is 309 g/mol. The van der Waals surface area contributed by atoms with Crippen molar-refractivity contribution in [2.45, 2.75) is 96.7 Å². The fourth-order valence-corrected chi connectivity index (χ4v) is 5.91. The lowest BCUT2D eigenvalue weighted by Crippen LogP contribution is -2.52. The topological polar surface area (TPSA) is 29.5 Å². The molecule has 2 heteroatoms. The summed E-state index contributed by atoms with van der Waals surface area (Å²) in [6, 6.07) is 0. The van der Waals surface area contributed by atoms with Gasteiger partial charge in [-0.05, 0) is 62.7 Å². The highest BCUT2D eigenvalue weighted by molar-refractivity contribution is 5.02. The van der Waals surface area contributed by atoms with Crippen molar-refractivity contribution < 1.29 is 9.84 Å². The van der Waals surface area contributed by atoms with E-state index in [4.69, 9.17) is 4.74 Å². The van der Waals surface area contributed by atoms with Gasteiger partial charge < -0.3 is 9.84 Å². The van der Waals surface area contributed by atoms with Crippen LogP contribution in [0.2, 0.25) is 0 Å². The quantitative estimate of drug-likeness (QED) is 0.439. The molecule has 4 aliphatic rings. The number of unbranched alkanes of at least 4 members (excludes halogenated alkanes) is 6. The SMILES string of the molecule is CCCCCCCCCOC(O)C12CC3CC(CC(C3)C1)C2. The minimum absolute atomic E-state index is 0.135. The summed E-state index contributed by atoms with van der Waals surface area (Å²) in [6.45, 7) is 3.02.